The molecule has 1 aromatic rings. The number of aryl methyl sites for hydroxylation is 1. The van der Waals surface area contributed by atoms with Crippen molar-refractivity contribution < 1.29 is 18.8 Å². The molecule has 1 rings (SSSR count). The van der Waals surface area contributed by atoms with Crippen molar-refractivity contribution in [3.05, 3.63) is 35.9 Å². The number of hydrogen-bond donors (Lipinski definition) is 0. The van der Waals surface area contributed by atoms with Crippen LogP contribution in [-0.2, 0) is 25.2 Å². The van der Waals surface area contributed by atoms with E-state index in [4.69, 9.17) is 4.43 Å². The maximum absolute atomic E-state index is 12.2. The third-order valence-electron chi connectivity index (χ3n) is 4.89. The van der Waals surface area contributed by atoms with Crippen molar-refractivity contribution in [1.82, 2.24) is 0 Å². The fourth-order valence-electron chi connectivity index (χ4n) is 2.33. The molecule has 0 aromatic heterocycles. The summed E-state index contributed by atoms with van der Waals surface area (Å²) in [6, 6.07) is 10.2. The van der Waals surface area contributed by atoms with Gasteiger partial charge in [0.1, 0.15) is 12.2 Å². The highest BCUT2D eigenvalue weighted by molar-refractivity contribution is 6.74. The minimum absolute atomic E-state index is 0.0728. The van der Waals surface area contributed by atoms with Crippen molar-refractivity contribution in [1.29, 1.82) is 0 Å². The Balaban J connectivity index is 2.78. The average molecular weight is 365 g/mol. The summed E-state index contributed by atoms with van der Waals surface area (Å²) in [5.41, 5.74) is 1.23. The van der Waals surface area contributed by atoms with Crippen LogP contribution < -0.4 is 0 Å². The Morgan fingerprint density at radius 2 is 1.72 bits per heavy atom. The number of methoxy groups -OCH3 is 1. The number of carbonyl (C=O) groups is 2. The van der Waals surface area contributed by atoms with Gasteiger partial charge in [-0.3, -0.25) is 9.59 Å². The predicted octanol–water partition coefficient (Wildman–Crippen LogP) is 4.53. The smallest absolute Gasteiger partial charge is 0.313 e. The van der Waals surface area contributed by atoms with Gasteiger partial charge in [-0.25, -0.2) is 0 Å². The van der Waals surface area contributed by atoms with E-state index >= 15 is 0 Å². The summed E-state index contributed by atoms with van der Waals surface area (Å²) in [5, 5.41) is 0.0728. The van der Waals surface area contributed by atoms with Crippen molar-refractivity contribution >= 4 is 20.1 Å². The topological polar surface area (TPSA) is 52.6 Å². The maximum Gasteiger partial charge on any atom is 0.313 e. The minimum Gasteiger partial charge on any atom is -0.469 e. The molecule has 0 aliphatic carbocycles. The molecule has 1 aromatic carbocycles. The molecule has 0 spiro atoms. The highest BCUT2D eigenvalue weighted by atomic mass is 28.4. The van der Waals surface area contributed by atoms with Crippen LogP contribution in [0.4, 0.5) is 0 Å². The Bertz CT molecular complexity index is 561. The third kappa shape index (κ3) is 7.53. The number of benzene rings is 1. The van der Waals surface area contributed by atoms with Gasteiger partial charge in [0.15, 0.2) is 8.32 Å². The predicted molar refractivity (Wildman–Crippen MR) is 103 cm³/mol. The number of esters is 1. The molecule has 0 fully saturated rings. The Hall–Kier alpha value is -1.46. The Morgan fingerprint density at radius 1 is 1.12 bits per heavy atom. The van der Waals surface area contributed by atoms with Gasteiger partial charge in [0, 0.05) is 6.42 Å². The van der Waals surface area contributed by atoms with Gasteiger partial charge < -0.3 is 9.16 Å². The molecule has 1 unspecified atom stereocenters. The van der Waals surface area contributed by atoms with E-state index in [1.807, 2.05) is 18.2 Å². The van der Waals surface area contributed by atoms with E-state index in [1.165, 1.54) is 12.7 Å². The number of hydrogen-bond acceptors (Lipinski definition) is 4. The van der Waals surface area contributed by atoms with E-state index < -0.39 is 14.3 Å². The third-order valence-corrected chi connectivity index (χ3v) is 9.42. The Labute approximate surface area is 153 Å². The van der Waals surface area contributed by atoms with Crippen LogP contribution in [0.1, 0.15) is 45.6 Å². The highest BCUT2D eigenvalue weighted by Crippen LogP contribution is 2.38. The number of ketones is 1. The summed E-state index contributed by atoms with van der Waals surface area (Å²) < 4.78 is 11.1. The summed E-state index contributed by atoms with van der Waals surface area (Å²) in [7, 11) is -0.689. The fourth-order valence-corrected chi connectivity index (χ4v) is 3.72. The SMILES string of the molecule is COC(=O)CC(=O)CC(CCc1ccccc1)O[Si](C)(C)C(C)(C)C. The first-order valence-electron chi connectivity index (χ1n) is 8.85. The zero-order valence-electron chi connectivity index (χ0n) is 16.4. The van der Waals surface area contributed by atoms with Crippen LogP contribution in [0.5, 0.6) is 0 Å². The quantitative estimate of drug-likeness (QED) is 0.367. The number of carbonyl (C=O) groups excluding carboxylic acids is 2. The van der Waals surface area contributed by atoms with Crippen molar-refractivity contribution in [2.45, 2.75) is 70.7 Å². The van der Waals surface area contributed by atoms with Gasteiger partial charge in [-0.2, -0.15) is 0 Å². The molecule has 0 heterocycles. The highest BCUT2D eigenvalue weighted by Gasteiger charge is 2.39. The molecule has 0 radical (unpaired) electrons. The lowest BCUT2D eigenvalue weighted by Crippen LogP contribution is -2.44. The maximum atomic E-state index is 12.2. The molecule has 0 saturated heterocycles. The first-order valence-corrected chi connectivity index (χ1v) is 11.8. The summed E-state index contributed by atoms with van der Waals surface area (Å²) in [4.78, 5) is 23.6. The lowest BCUT2D eigenvalue weighted by Gasteiger charge is -2.39. The van der Waals surface area contributed by atoms with Crippen LogP contribution in [0.25, 0.3) is 0 Å². The van der Waals surface area contributed by atoms with E-state index in [2.05, 4.69) is 50.7 Å². The van der Waals surface area contributed by atoms with Crippen LogP contribution in [-0.4, -0.2) is 33.3 Å². The normalized spacial score (nSPS) is 13.4. The van der Waals surface area contributed by atoms with E-state index in [0.717, 1.165) is 12.8 Å². The molecule has 0 amide bonds. The average Bonchev–Trinajstić information content (AvgIpc) is 2.52. The van der Waals surface area contributed by atoms with E-state index in [-0.39, 0.29) is 29.8 Å². The summed E-state index contributed by atoms with van der Waals surface area (Å²) in [5.74, 6) is -0.609. The van der Waals surface area contributed by atoms with Crippen LogP contribution in [0, 0.1) is 0 Å². The number of ether oxygens (including phenoxy) is 1. The zero-order valence-corrected chi connectivity index (χ0v) is 17.4. The molecule has 0 N–H and O–H groups in total. The minimum atomic E-state index is -1.99. The van der Waals surface area contributed by atoms with Crippen molar-refractivity contribution in [3.8, 4) is 0 Å². The van der Waals surface area contributed by atoms with Crippen LogP contribution >= 0.6 is 0 Å². The molecule has 4 nitrogen and oxygen atoms in total. The summed E-state index contributed by atoms with van der Waals surface area (Å²) in [6.45, 7) is 10.9. The van der Waals surface area contributed by atoms with Gasteiger partial charge in [0.05, 0.1) is 13.2 Å². The molecule has 1 atom stereocenters. The van der Waals surface area contributed by atoms with Gasteiger partial charge in [-0.05, 0) is 36.5 Å². The van der Waals surface area contributed by atoms with Gasteiger partial charge in [-0.15, -0.1) is 0 Å². The molecule has 140 valence electrons. The van der Waals surface area contributed by atoms with E-state index in [0.29, 0.717) is 0 Å². The van der Waals surface area contributed by atoms with Crippen molar-refractivity contribution in [2.75, 3.05) is 7.11 Å². The second-order valence-corrected chi connectivity index (χ2v) is 12.8. The molecule has 0 bridgehead atoms. The monoisotopic (exact) mass is 364 g/mol. The first-order chi connectivity index (χ1) is 11.5. The summed E-state index contributed by atoms with van der Waals surface area (Å²) in [6.07, 6.45) is 1.53. The molecular formula is C20H32O4Si. The zero-order chi connectivity index (χ0) is 19.1. The van der Waals surface area contributed by atoms with Crippen LogP contribution in [0.3, 0.4) is 0 Å². The Morgan fingerprint density at radius 3 is 2.24 bits per heavy atom. The number of rotatable bonds is 9. The molecule has 0 aliphatic heterocycles. The lowest BCUT2D eigenvalue weighted by molar-refractivity contribution is -0.143. The van der Waals surface area contributed by atoms with E-state index in [1.54, 1.807) is 0 Å². The molecule has 5 heteroatoms. The summed E-state index contributed by atoms with van der Waals surface area (Å²) >= 11 is 0. The molecule has 0 aliphatic rings. The number of Topliss-reactive ketones (excluding diaryl/α,β-unsaturated/α-hetero) is 1. The second-order valence-electron chi connectivity index (χ2n) is 8.02. The molecule has 25 heavy (non-hydrogen) atoms. The largest absolute Gasteiger partial charge is 0.469 e. The molecular weight excluding hydrogens is 332 g/mol. The van der Waals surface area contributed by atoms with Gasteiger partial charge >= 0.3 is 5.97 Å². The van der Waals surface area contributed by atoms with E-state index in [9.17, 15) is 9.59 Å². The van der Waals surface area contributed by atoms with Crippen LogP contribution in [0.15, 0.2) is 30.3 Å². The van der Waals surface area contributed by atoms with Gasteiger partial charge in [0.2, 0.25) is 0 Å². The van der Waals surface area contributed by atoms with Gasteiger partial charge in [0.25, 0.3) is 0 Å². The van der Waals surface area contributed by atoms with Crippen molar-refractivity contribution in [3.63, 3.8) is 0 Å². The fraction of sp³-hybridized carbons (Fsp3) is 0.600. The van der Waals surface area contributed by atoms with Crippen LogP contribution in [0.2, 0.25) is 18.1 Å². The standard InChI is InChI=1S/C20H32O4Si/c1-20(2,3)25(5,6)24-18(14-17(21)15-19(22)23-4)13-12-16-10-8-7-9-11-16/h7-11,18H,12-15H2,1-6H3. The second kappa shape index (κ2) is 9.29. The van der Waals surface area contributed by atoms with Crippen molar-refractivity contribution in [2.24, 2.45) is 0 Å². The lowest BCUT2D eigenvalue weighted by atomic mass is 10.0. The first kappa shape index (κ1) is 21.6. The Kier molecular flexibility index (Phi) is 8.02. The van der Waals surface area contributed by atoms with Gasteiger partial charge in [-0.1, -0.05) is 51.1 Å². The molecule has 0 saturated carbocycles.